The number of nitrogens with one attached hydrogen (secondary N) is 2. The molecule has 1 atom stereocenters. The van der Waals surface area contributed by atoms with E-state index in [0.717, 1.165) is 12.1 Å². The van der Waals surface area contributed by atoms with Gasteiger partial charge in [-0.25, -0.2) is 9.18 Å². The van der Waals surface area contributed by atoms with Crippen LogP contribution in [0.2, 0.25) is 0 Å². The number of rotatable bonds is 5. The lowest BCUT2D eigenvalue weighted by molar-refractivity contribution is -0.139. The van der Waals surface area contributed by atoms with E-state index in [4.69, 9.17) is 0 Å². The van der Waals surface area contributed by atoms with Crippen molar-refractivity contribution < 1.29 is 19.1 Å². The molecule has 23 heavy (non-hydrogen) atoms. The van der Waals surface area contributed by atoms with E-state index < -0.39 is 29.3 Å². The highest BCUT2D eigenvalue weighted by atomic mass is 19.1. The van der Waals surface area contributed by atoms with Crippen LogP contribution in [0.3, 0.4) is 0 Å². The average Bonchev–Trinajstić information content (AvgIpc) is 2.45. The summed E-state index contributed by atoms with van der Waals surface area (Å²) in [5.74, 6) is -2.38. The molecule has 2 aromatic rings. The number of carboxylic acid groups (broad SMARTS) is 1. The van der Waals surface area contributed by atoms with Crippen molar-refractivity contribution >= 4 is 22.8 Å². The van der Waals surface area contributed by atoms with Gasteiger partial charge in [0, 0.05) is 17.0 Å². The van der Waals surface area contributed by atoms with Gasteiger partial charge in [-0.15, -0.1) is 0 Å². The number of amides is 1. The fraction of sp³-hybridized carbons (Fsp3) is 0.312. The van der Waals surface area contributed by atoms with E-state index in [1.165, 1.54) is 12.1 Å². The predicted octanol–water partition coefficient (Wildman–Crippen LogP) is 1.90. The molecule has 0 fully saturated rings. The fourth-order valence-electron chi connectivity index (χ4n) is 2.34. The van der Waals surface area contributed by atoms with Crippen molar-refractivity contribution in [2.24, 2.45) is 5.92 Å². The van der Waals surface area contributed by atoms with Gasteiger partial charge in [-0.05, 0) is 30.5 Å². The minimum absolute atomic E-state index is 0.0572. The zero-order valence-electron chi connectivity index (χ0n) is 12.7. The van der Waals surface area contributed by atoms with E-state index in [1.54, 1.807) is 0 Å². The van der Waals surface area contributed by atoms with Gasteiger partial charge < -0.3 is 15.4 Å². The smallest absolute Gasteiger partial charge is 0.326 e. The van der Waals surface area contributed by atoms with Crippen molar-refractivity contribution in [3.8, 4) is 0 Å². The lowest BCUT2D eigenvalue weighted by Gasteiger charge is -2.17. The van der Waals surface area contributed by atoms with Crippen LogP contribution >= 0.6 is 0 Å². The van der Waals surface area contributed by atoms with E-state index in [0.29, 0.717) is 5.52 Å². The molecule has 0 aliphatic heterocycles. The Morgan fingerprint density at radius 1 is 1.30 bits per heavy atom. The van der Waals surface area contributed by atoms with Crippen LogP contribution in [0.25, 0.3) is 10.9 Å². The van der Waals surface area contributed by atoms with Gasteiger partial charge in [0.1, 0.15) is 11.9 Å². The molecule has 3 N–H and O–H groups in total. The van der Waals surface area contributed by atoms with Gasteiger partial charge in [0.15, 0.2) is 0 Å². The van der Waals surface area contributed by atoms with Gasteiger partial charge in [0.05, 0.1) is 5.56 Å². The van der Waals surface area contributed by atoms with Crippen molar-refractivity contribution in [1.82, 2.24) is 10.3 Å². The number of H-pyrrole nitrogens is 1. The number of pyridine rings is 1. The third kappa shape index (κ3) is 3.94. The van der Waals surface area contributed by atoms with Crippen molar-refractivity contribution in [3.05, 3.63) is 46.0 Å². The molecule has 2 rings (SSSR count). The number of carbonyl (C=O) groups is 2. The van der Waals surface area contributed by atoms with Crippen molar-refractivity contribution in [3.63, 3.8) is 0 Å². The molecule has 6 nitrogen and oxygen atoms in total. The highest BCUT2D eigenvalue weighted by Gasteiger charge is 2.23. The summed E-state index contributed by atoms with van der Waals surface area (Å²) in [6.07, 6.45) is 0.247. The first-order valence-corrected chi connectivity index (χ1v) is 7.14. The second-order valence-corrected chi connectivity index (χ2v) is 5.73. The maximum atomic E-state index is 13.4. The van der Waals surface area contributed by atoms with E-state index in [9.17, 15) is 23.9 Å². The molecular weight excluding hydrogens is 303 g/mol. The minimum atomic E-state index is -1.16. The van der Waals surface area contributed by atoms with E-state index in [-0.39, 0.29) is 23.3 Å². The Morgan fingerprint density at radius 2 is 2.00 bits per heavy atom. The molecule has 0 aliphatic carbocycles. The van der Waals surface area contributed by atoms with Gasteiger partial charge in [0.25, 0.3) is 5.91 Å². The standard InChI is InChI=1S/C16H17FN2O4/c1-8(2)5-13(16(22)23)19-15(21)11-7-14(20)18-12-4-3-9(17)6-10(11)12/h3-4,6-8,13H,5H2,1-2H3,(H,18,20)(H,19,21)(H,22,23)/t13-/m1/s1. The molecule has 7 heteroatoms. The molecule has 0 unspecified atom stereocenters. The number of aromatic nitrogens is 1. The molecule has 1 heterocycles. The molecule has 0 saturated heterocycles. The van der Waals surface area contributed by atoms with Gasteiger partial charge in [-0.2, -0.15) is 0 Å². The largest absolute Gasteiger partial charge is 0.480 e. The second kappa shape index (κ2) is 6.60. The van der Waals surface area contributed by atoms with Crippen LogP contribution in [0.4, 0.5) is 4.39 Å². The van der Waals surface area contributed by atoms with Crippen LogP contribution in [0.15, 0.2) is 29.1 Å². The number of benzene rings is 1. The maximum absolute atomic E-state index is 13.4. The molecule has 0 radical (unpaired) electrons. The van der Waals surface area contributed by atoms with Gasteiger partial charge >= 0.3 is 5.97 Å². The first kappa shape index (κ1) is 16.7. The third-order valence-corrected chi connectivity index (χ3v) is 3.36. The van der Waals surface area contributed by atoms with Crippen molar-refractivity contribution in [1.29, 1.82) is 0 Å². The first-order chi connectivity index (χ1) is 10.8. The summed E-state index contributed by atoms with van der Waals surface area (Å²) in [7, 11) is 0. The first-order valence-electron chi connectivity index (χ1n) is 7.14. The van der Waals surface area contributed by atoms with Gasteiger partial charge in [-0.3, -0.25) is 9.59 Å². The molecule has 0 bridgehead atoms. The number of hydrogen-bond donors (Lipinski definition) is 3. The third-order valence-electron chi connectivity index (χ3n) is 3.36. The van der Waals surface area contributed by atoms with Crippen LogP contribution in [0.1, 0.15) is 30.6 Å². The molecular formula is C16H17FN2O4. The lowest BCUT2D eigenvalue weighted by Crippen LogP contribution is -2.42. The highest BCUT2D eigenvalue weighted by molar-refractivity contribution is 6.06. The lowest BCUT2D eigenvalue weighted by atomic mass is 10.0. The average molecular weight is 320 g/mol. The molecule has 122 valence electrons. The van der Waals surface area contributed by atoms with E-state index in [2.05, 4.69) is 10.3 Å². The Kier molecular flexibility index (Phi) is 4.78. The summed E-state index contributed by atoms with van der Waals surface area (Å²) < 4.78 is 13.4. The quantitative estimate of drug-likeness (QED) is 0.783. The summed E-state index contributed by atoms with van der Waals surface area (Å²) in [4.78, 5) is 37.8. The Balaban J connectivity index is 2.42. The van der Waals surface area contributed by atoms with Crippen LogP contribution in [-0.2, 0) is 4.79 Å². The van der Waals surface area contributed by atoms with Crippen molar-refractivity contribution in [2.45, 2.75) is 26.3 Å². The zero-order chi connectivity index (χ0) is 17.1. The Hall–Kier alpha value is -2.70. The summed E-state index contributed by atoms with van der Waals surface area (Å²) in [5.41, 5.74) is -0.275. The summed E-state index contributed by atoms with van der Waals surface area (Å²) in [5, 5.41) is 11.8. The number of aromatic amines is 1. The predicted molar refractivity (Wildman–Crippen MR) is 82.9 cm³/mol. The Bertz CT molecular complexity index is 813. The van der Waals surface area contributed by atoms with E-state index >= 15 is 0 Å². The van der Waals surface area contributed by atoms with Gasteiger partial charge in [0.2, 0.25) is 5.56 Å². The van der Waals surface area contributed by atoms with Crippen LogP contribution < -0.4 is 10.9 Å². The number of hydrogen-bond acceptors (Lipinski definition) is 3. The number of halogens is 1. The van der Waals surface area contributed by atoms with Gasteiger partial charge in [-0.1, -0.05) is 13.8 Å². The highest BCUT2D eigenvalue weighted by Crippen LogP contribution is 2.17. The summed E-state index contributed by atoms with van der Waals surface area (Å²) in [6, 6.07) is 3.60. The second-order valence-electron chi connectivity index (χ2n) is 5.73. The number of aliphatic carboxylic acids is 1. The number of fused-ring (bicyclic) bond motifs is 1. The number of carboxylic acids is 1. The topological polar surface area (TPSA) is 99.3 Å². The normalized spacial score (nSPS) is 12.3. The summed E-state index contributed by atoms with van der Waals surface area (Å²) in [6.45, 7) is 3.67. The Labute approximate surface area is 131 Å². The monoisotopic (exact) mass is 320 g/mol. The van der Waals surface area contributed by atoms with Crippen molar-refractivity contribution in [2.75, 3.05) is 0 Å². The molecule has 0 aliphatic rings. The maximum Gasteiger partial charge on any atom is 0.326 e. The van der Waals surface area contributed by atoms with Crippen LogP contribution in [-0.4, -0.2) is 28.0 Å². The van der Waals surface area contributed by atoms with Crippen LogP contribution in [0.5, 0.6) is 0 Å². The minimum Gasteiger partial charge on any atom is -0.480 e. The van der Waals surface area contributed by atoms with Crippen LogP contribution in [0, 0.1) is 11.7 Å². The molecule has 0 saturated carbocycles. The summed E-state index contributed by atoms with van der Waals surface area (Å²) >= 11 is 0. The molecule has 0 spiro atoms. The number of carbonyl (C=O) groups excluding carboxylic acids is 1. The Morgan fingerprint density at radius 3 is 2.61 bits per heavy atom. The van der Waals surface area contributed by atoms with E-state index in [1.807, 2.05) is 13.8 Å². The fourth-order valence-corrected chi connectivity index (χ4v) is 2.34. The molecule has 1 amide bonds. The SMILES string of the molecule is CC(C)C[C@@H](NC(=O)c1cc(=O)[nH]c2ccc(F)cc12)C(=O)O. The molecule has 1 aromatic heterocycles. The molecule has 1 aromatic carbocycles. The zero-order valence-corrected chi connectivity index (χ0v) is 12.7.